The second-order valence-corrected chi connectivity index (χ2v) is 7.40. The maximum atomic E-state index is 6.16. The van der Waals surface area contributed by atoms with Gasteiger partial charge in [-0.25, -0.2) is 0 Å². The summed E-state index contributed by atoms with van der Waals surface area (Å²) in [6, 6.07) is 2.26. The molecule has 1 aromatic rings. The van der Waals surface area contributed by atoms with Crippen molar-refractivity contribution in [2.24, 2.45) is 0 Å². The van der Waals surface area contributed by atoms with Crippen molar-refractivity contribution in [3.8, 4) is 0 Å². The van der Waals surface area contributed by atoms with Crippen molar-refractivity contribution < 1.29 is 9.31 Å². The normalized spacial score (nSPS) is 26.3. The molecule has 1 aromatic heterocycles. The minimum Gasteiger partial charge on any atom is -0.399 e. The topological polar surface area (TPSA) is 18.5 Å². The van der Waals surface area contributed by atoms with Gasteiger partial charge in [-0.1, -0.05) is 6.42 Å². The fraction of sp³-hybridized carbons (Fsp3) is 0.714. The Morgan fingerprint density at radius 2 is 1.78 bits per heavy atom. The summed E-state index contributed by atoms with van der Waals surface area (Å²) >= 11 is 1.78. The van der Waals surface area contributed by atoms with Gasteiger partial charge in [0.05, 0.1) is 11.2 Å². The van der Waals surface area contributed by atoms with Gasteiger partial charge in [-0.2, -0.15) is 11.3 Å². The van der Waals surface area contributed by atoms with Crippen LogP contribution in [0.1, 0.15) is 58.4 Å². The molecule has 1 aliphatic carbocycles. The highest BCUT2D eigenvalue weighted by atomic mass is 32.1. The molecule has 98 valence electrons. The first-order valence-corrected chi connectivity index (χ1v) is 7.71. The fourth-order valence-corrected chi connectivity index (χ4v) is 3.47. The van der Waals surface area contributed by atoms with Gasteiger partial charge in [-0.15, -0.1) is 0 Å². The molecule has 2 nitrogen and oxygen atoms in total. The van der Waals surface area contributed by atoms with E-state index in [2.05, 4.69) is 39.1 Å². The third-order valence-electron chi connectivity index (χ3n) is 4.74. The molecule has 0 atom stereocenters. The van der Waals surface area contributed by atoms with Gasteiger partial charge in [-0.05, 0) is 63.5 Å². The highest BCUT2D eigenvalue weighted by Gasteiger charge is 2.53. The van der Waals surface area contributed by atoms with Gasteiger partial charge >= 0.3 is 7.12 Å². The zero-order valence-electron chi connectivity index (χ0n) is 11.7. The van der Waals surface area contributed by atoms with Gasteiger partial charge in [0.15, 0.2) is 0 Å². The Bertz CT molecular complexity index is 432. The summed E-state index contributed by atoms with van der Waals surface area (Å²) in [6.07, 6.45) is 4.01. The zero-order valence-corrected chi connectivity index (χ0v) is 12.5. The second-order valence-electron chi connectivity index (χ2n) is 6.46. The van der Waals surface area contributed by atoms with Crippen LogP contribution < -0.4 is 4.78 Å². The summed E-state index contributed by atoms with van der Waals surface area (Å²) in [5, 5.41) is 2.17. The number of hydrogen-bond acceptors (Lipinski definition) is 3. The molecule has 4 heteroatoms. The van der Waals surface area contributed by atoms with Crippen LogP contribution in [0.25, 0.3) is 0 Å². The SMILES string of the molecule is CC1(C)OB(c2sccc2C2CCC2)OC1(C)C. The van der Waals surface area contributed by atoms with Crippen LogP contribution in [0.15, 0.2) is 11.4 Å². The summed E-state index contributed by atoms with van der Waals surface area (Å²) < 4.78 is 13.6. The van der Waals surface area contributed by atoms with Crippen LogP contribution >= 0.6 is 11.3 Å². The van der Waals surface area contributed by atoms with E-state index in [0.29, 0.717) is 0 Å². The second kappa shape index (κ2) is 4.09. The Hall–Kier alpha value is -0.315. The minimum absolute atomic E-state index is 0.175. The third kappa shape index (κ3) is 1.86. The zero-order chi connectivity index (χ0) is 13.0. The molecule has 1 saturated heterocycles. The van der Waals surface area contributed by atoms with Crippen molar-refractivity contribution in [2.75, 3.05) is 0 Å². The quantitative estimate of drug-likeness (QED) is 0.763. The largest absolute Gasteiger partial charge is 0.505 e. The van der Waals surface area contributed by atoms with E-state index < -0.39 is 0 Å². The van der Waals surface area contributed by atoms with E-state index in [1.165, 1.54) is 29.6 Å². The maximum Gasteiger partial charge on any atom is 0.505 e. The molecule has 0 radical (unpaired) electrons. The van der Waals surface area contributed by atoms with Crippen LogP contribution in [0.4, 0.5) is 0 Å². The molecule has 3 rings (SSSR count). The lowest BCUT2D eigenvalue weighted by Crippen LogP contribution is -2.41. The molecule has 0 unspecified atom stereocenters. The smallest absolute Gasteiger partial charge is 0.399 e. The number of hydrogen-bond donors (Lipinski definition) is 0. The van der Waals surface area contributed by atoms with E-state index in [1.54, 1.807) is 11.3 Å². The van der Waals surface area contributed by atoms with Crippen molar-refractivity contribution in [2.45, 2.75) is 64.1 Å². The summed E-state index contributed by atoms with van der Waals surface area (Å²) in [4.78, 5) is 0. The van der Waals surface area contributed by atoms with Gasteiger partial charge in [0.1, 0.15) is 0 Å². The Balaban J connectivity index is 1.86. The van der Waals surface area contributed by atoms with E-state index >= 15 is 0 Å². The molecule has 2 heterocycles. The maximum absolute atomic E-state index is 6.16. The Kier molecular flexibility index (Phi) is 2.89. The average Bonchev–Trinajstić information content (AvgIpc) is 2.68. The van der Waals surface area contributed by atoms with Gasteiger partial charge in [0.25, 0.3) is 0 Å². The fourth-order valence-electron chi connectivity index (χ4n) is 2.53. The van der Waals surface area contributed by atoms with Gasteiger partial charge in [0, 0.05) is 4.78 Å². The van der Waals surface area contributed by atoms with Crippen molar-refractivity contribution in [3.63, 3.8) is 0 Å². The predicted molar refractivity (Wildman–Crippen MR) is 76.6 cm³/mol. The standard InChI is InChI=1S/C14H21BO2S/c1-13(2)14(3,4)17-15(16-13)12-11(8-9-18-12)10-6-5-7-10/h8-10H,5-7H2,1-4H3. The first-order chi connectivity index (χ1) is 8.41. The summed E-state index contributed by atoms with van der Waals surface area (Å²) in [5.41, 5.74) is 0.988. The Morgan fingerprint density at radius 3 is 2.28 bits per heavy atom. The first-order valence-electron chi connectivity index (χ1n) is 6.84. The van der Waals surface area contributed by atoms with E-state index in [4.69, 9.17) is 9.31 Å². The first kappa shape index (κ1) is 12.7. The van der Waals surface area contributed by atoms with Crippen LogP contribution in [-0.4, -0.2) is 18.3 Å². The number of rotatable bonds is 2. The lowest BCUT2D eigenvalue weighted by Gasteiger charge is -2.32. The van der Waals surface area contributed by atoms with Crippen LogP contribution in [-0.2, 0) is 9.31 Å². The van der Waals surface area contributed by atoms with Crippen LogP contribution in [0.2, 0.25) is 0 Å². The lowest BCUT2D eigenvalue weighted by molar-refractivity contribution is 0.00578. The lowest BCUT2D eigenvalue weighted by atomic mass is 9.74. The van der Waals surface area contributed by atoms with Gasteiger partial charge < -0.3 is 9.31 Å². The van der Waals surface area contributed by atoms with Crippen LogP contribution in [0.3, 0.4) is 0 Å². The Labute approximate surface area is 114 Å². The molecule has 0 N–H and O–H groups in total. The highest BCUT2D eigenvalue weighted by molar-refractivity contribution is 7.21. The molecular weight excluding hydrogens is 243 g/mol. The average molecular weight is 264 g/mol. The summed E-state index contributed by atoms with van der Waals surface area (Å²) in [5.74, 6) is 0.741. The van der Waals surface area contributed by atoms with Crippen molar-refractivity contribution in [3.05, 3.63) is 17.0 Å². The predicted octanol–water partition coefficient (Wildman–Crippen LogP) is 3.31. The molecule has 0 amide bonds. The van der Waals surface area contributed by atoms with E-state index in [1.807, 2.05) is 0 Å². The van der Waals surface area contributed by atoms with Crippen molar-refractivity contribution in [1.29, 1.82) is 0 Å². The van der Waals surface area contributed by atoms with Crippen LogP contribution in [0, 0.1) is 0 Å². The molecule has 1 saturated carbocycles. The third-order valence-corrected chi connectivity index (χ3v) is 5.69. The molecule has 1 aliphatic heterocycles. The van der Waals surface area contributed by atoms with Crippen molar-refractivity contribution >= 4 is 23.2 Å². The summed E-state index contributed by atoms with van der Waals surface area (Å²) in [7, 11) is -0.175. The Morgan fingerprint density at radius 1 is 1.17 bits per heavy atom. The monoisotopic (exact) mass is 264 g/mol. The van der Waals surface area contributed by atoms with Gasteiger partial charge in [0.2, 0.25) is 0 Å². The minimum atomic E-state index is -0.238. The van der Waals surface area contributed by atoms with E-state index in [9.17, 15) is 0 Å². The van der Waals surface area contributed by atoms with Crippen LogP contribution in [0.5, 0.6) is 0 Å². The molecule has 0 aromatic carbocycles. The number of thiophene rings is 1. The van der Waals surface area contributed by atoms with Crippen molar-refractivity contribution in [1.82, 2.24) is 0 Å². The van der Waals surface area contributed by atoms with Gasteiger partial charge in [-0.3, -0.25) is 0 Å². The van der Waals surface area contributed by atoms with E-state index in [0.717, 1.165) is 5.92 Å². The molecular formula is C14H21BO2S. The molecule has 2 fully saturated rings. The molecule has 0 bridgehead atoms. The highest BCUT2D eigenvalue weighted by Crippen LogP contribution is 2.40. The van der Waals surface area contributed by atoms with E-state index in [-0.39, 0.29) is 18.3 Å². The summed E-state index contributed by atoms with van der Waals surface area (Å²) in [6.45, 7) is 8.46. The molecule has 0 spiro atoms. The molecule has 18 heavy (non-hydrogen) atoms. The molecule has 2 aliphatic rings.